The molecule has 0 saturated carbocycles. The van der Waals surface area contributed by atoms with Gasteiger partial charge in [0.1, 0.15) is 17.3 Å². The van der Waals surface area contributed by atoms with Gasteiger partial charge in [0.2, 0.25) is 11.8 Å². The van der Waals surface area contributed by atoms with Crippen molar-refractivity contribution in [3.8, 4) is 0 Å². The maximum atomic E-state index is 15.2. The minimum absolute atomic E-state index is 0.226. The van der Waals surface area contributed by atoms with Gasteiger partial charge in [-0.3, -0.25) is 19.7 Å². The number of benzene rings is 1. The van der Waals surface area contributed by atoms with Gasteiger partial charge in [-0.15, -0.1) is 0 Å². The number of ether oxygens (including phenoxy) is 1. The molecule has 0 spiro atoms. The number of rotatable bonds is 5. The van der Waals surface area contributed by atoms with Gasteiger partial charge in [0.05, 0.1) is 6.42 Å². The number of carbonyl (C=O) groups is 3. The molecule has 1 unspecified atom stereocenters. The lowest BCUT2D eigenvalue weighted by Crippen LogP contribution is -2.51. The fourth-order valence-electron chi connectivity index (χ4n) is 4.12. The van der Waals surface area contributed by atoms with E-state index in [4.69, 9.17) is 4.74 Å². The molecule has 1 aromatic rings. The largest absolute Gasteiger partial charge is 0.460 e. The van der Waals surface area contributed by atoms with Crippen LogP contribution in [0.5, 0.6) is 0 Å². The number of piperidine rings is 2. The number of hydrogen-bond donors (Lipinski definition) is 1. The van der Waals surface area contributed by atoms with Gasteiger partial charge in [-0.2, -0.15) is 0 Å². The minimum atomic E-state index is -1.56. The van der Waals surface area contributed by atoms with Gasteiger partial charge < -0.3 is 14.5 Å². The van der Waals surface area contributed by atoms with Crippen molar-refractivity contribution in [2.45, 2.75) is 70.2 Å². The molecule has 2 fully saturated rings. The number of hydrogen-bond acceptors (Lipinski definition) is 6. The number of amides is 2. The Bertz CT molecular complexity index is 843. The van der Waals surface area contributed by atoms with Crippen molar-refractivity contribution in [3.05, 3.63) is 24.3 Å². The fourth-order valence-corrected chi connectivity index (χ4v) is 4.12. The Morgan fingerprint density at radius 1 is 1.29 bits per heavy atom. The number of nitrogens with zero attached hydrogens (tertiary/aromatic N) is 2. The summed E-state index contributed by atoms with van der Waals surface area (Å²) in [4.78, 5) is 39.6. The first-order valence-electron chi connectivity index (χ1n) is 10.8. The average molecular weight is 434 g/mol. The van der Waals surface area contributed by atoms with Crippen LogP contribution in [0, 0.1) is 0 Å². The molecule has 0 bridgehead atoms. The molecule has 1 aromatic carbocycles. The van der Waals surface area contributed by atoms with E-state index in [1.54, 1.807) is 20.8 Å². The number of carbonyl (C=O) groups excluding carboxylic acids is 3. The SMILES string of the molecule is CN(c1cccc(N2CCC(F)(CC(=O)OC(C)(C)C)CC2)c1)C1CCC(=O)NC1=O. The van der Waals surface area contributed by atoms with Crippen LogP contribution < -0.4 is 15.1 Å². The molecule has 7 nitrogen and oxygen atoms in total. The Kier molecular flexibility index (Phi) is 6.57. The Labute approximate surface area is 182 Å². The number of likely N-dealkylation sites (N-methyl/N-ethyl adjacent to an activating group) is 1. The first-order chi connectivity index (χ1) is 14.5. The summed E-state index contributed by atoms with van der Waals surface area (Å²) in [6.45, 7) is 6.31. The highest BCUT2D eigenvalue weighted by molar-refractivity contribution is 6.01. The van der Waals surface area contributed by atoms with Gasteiger partial charge in [-0.1, -0.05) is 6.07 Å². The van der Waals surface area contributed by atoms with Gasteiger partial charge in [0, 0.05) is 37.9 Å². The number of imide groups is 1. The molecular weight excluding hydrogens is 401 g/mol. The third-order valence-corrected chi connectivity index (χ3v) is 5.82. The molecular formula is C23H32FN3O4. The highest BCUT2D eigenvalue weighted by Gasteiger charge is 2.38. The predicted octanol–water partition coefficient (Wildman–Crippen LogP) is 2.97. The molecule has 0 aromatic heterocycles. The second kappa shape index (κ2) is 8.85. The van der Waals surface area contributed by atoms with Crippen molar-refractivity contribution >= 4 is 29.2 Å². The highest BCUT2D eigenvalue weighted by Crippen LogP contribution is 2.34. The number of esters is 1. The van der Waals surface area contributed by atoms with E-state index in [1.165, 1.54) is 0 Å². The van der Waals surface area contributed by atoms with Crippen molar-refractivity contribution in [1.82, 2.24) is 5.32 Å². The molecule has 2 heterocycles. The van der Waals surface area contributed by atoms with Crippen molar-refractivity contribution in [1.29, 1.82) is 0 Å². The van der Waals surface area contributed by atoms with Gasteiger partial charge in [-0.25, -0.2) is 4.39 Å². The molecule has 3 rings (SSSR count). The second-order valence-corrected chi connectivity index (χ2v) is 9.50. The van der Waals surface area contributed by atoms with Crippen LogP contribution >= 0.6 is 0 Å². The molecule has 2 aliphatic rings. The van der Waals surface area contributed by atoms with Crippen LogP contribution in [0.2, 0.25) is 0 Å². The summed E-state index contributed by atoms with van der Waals surface area (Å²) in [5.74, 6) is -1.03. The highest BCUT2D eigenvalue weighted by atomic mass is 19.1. The van der Waals surface area contributed by atoms with Crippen molar-refractivity contribution in [2.75, 3.05) is 29.9 Å². The maximum absolute atomic E-state index is 15.2. The summed E-state index contributed by atoms with van der Waals surface area (Å²) in [6.07, 6.45) is 1.07. The summed E-state index contributed by atoms with van der Waals surface area (Å²) in [6, 6.07) is 7.36. The number of halogens is 1. The van der Waals surface area contributed by atoms with Crippen molar-refractivity contribution < 1.29 is 23.5 Å². The van der Waals surface area contributed by atoms with E-state index in [1.807, 2.05) is 36.2 Å². The predicted molar refractivity (Wildman–Crippen MR) is 117 cm³/mol. The topological polar surface area (TPSA) is 79.0 Å². The normalized spacial score (nSPS) is 21.5. The number of anilines is 2. The lowest BCUT2D eigenvalue weighted by atomic mass is 9.89. The Hall–Kier alpha value is -2.64. The van der Waals surface area contributed by atoms with Crippen molar-refractivity contribution in [3.63, 3.8) is 0 Å². The molecule has 1 atom stereocenters. The van der Waals surface area contributed by atoms with Gasteiger partial charge >= 0.3 is 5.97 Å². The quantitative estimate of drug-likeness (QED) is 0.568. The minimum Gasteiger partial charge on any atom is -0.460 e. The van der Waals surface area contributed by atoms with Gasteiger partial charge in [0.25, 0.3) is 0 Å². The molecule has 2 aliphatic heterocycles. The van der Waals surface area contributed by atoms with Crippen LogP contribution in [0.1, 0.15) is 52.9 Å². The fraction of sp³-hybridized carbons (Fsp3) is 0.609. The summed E-state index contributed by atoms with van der Waals surface area (Å²) in [7, 11) is 1.84. The van der Waals surface area contributed by atoms with Crippen LogP contribution in [0.3, 0.4) is 0 Å². The van der Waals surface area contributed by atoms with E-state index < -0.39 is 23.3 Å². The third-order valence-electron chi connectivity index (χ3n) is 5.82. The lowest BCUT2D eigenvalue weighted by Gasteiger charge is -2.38. The average Bonchev–Trinajstić information content (AvgIpc) is 2.66. The first kappa shape index (κ1) is 23.0. The Balaban J connectivity index is 1.62. The number of alkyl halides is 1. The number of nitrogens with one attached hydrogen (secondary N) is 1. The standard InChI is InChI=1S/C23H32FN3O4/c1-22(2,3)31-20(29)15-23(24)10-12-27(13-11-23)17-7-5-6-16(14-17)26(4)18-8-9-19(28)25-21(18)30/h5-7,14,18H,8-13,15H2,1-4H3,(H,25,28,30). The monoisotopic (exact) mass is 433 g/mol. The molecule has 0 aliphatic carbocycles. The van der Waals surface area contributed by atoms with E-state index >= 15 is 4.39 Å². The summed E-state index contributed by atoms with van der Waals surface area (Å²) in [5, 5.41) is 2.39. The zero-order valence-electron chi connectivity index (χ0n) is 18.7. The first-order valence-corrected chi connectivity index (χ1v) is 10.8. The van der Waals surface area contributed by atoms with Gasteiger partial charge in [0.15, 0.2) is 0 Å². The molecule has 8 heteroatoms. The lowest BCUT2D eigenvalue weighted by molar-refractivity contribution is -0.158. The molecule has 170 valence electrons. The summed E-state index contributed by atoms with van der Waals surface area (Å²) in [5.41, 5.74) is -0.378. The van der Waals surface area contributed by atoms with Crippen LogP contribution in [0.25, 0.3) is 0 Å². The van der Waals surface area contributed by atoms with Crippen LogP contribution in [0.4, 0.5) is 15.8 Å². The molecule has 2 saturated heterocycles. The van der Waals surface area contributed by atoms with Crippen LogP contribution in [0.15, 0.2) is 24.3 Å². The summed E-state index contributed by atoms with van der Waals surface area (Å²) < 4.78 is 20.5. The third kappa shape index (κ3) is 5.95. The second-order valence-electron chi connectivity index (χ2n) is 9.50. The summed E-state index contributed by atoms with van der Waals surface area (Å²) >= 11 is 0. The van der Waals surface area contributed by atoms with Gasteiger partial charge in [-0.05, 0) is 58.2 Å². The Morgan fingerprint density at radius 3 is 2.58 bits per heavy atom. The van der Waals surface area contributed by atoms with E-state index in [0.29, 0.717) is 25.9 Å². The van der Waals surface area contributed by atoms with E-state index in [9.17, 15) is 14.4 Å². The molecule has 0 radical (unpaired) electrons. The van der Waals surface area contributed by atoms with Crippen LogP contribution in [-0.2, 0) is 19.1 Å². The van der Waals surface area contributed by atoms with Crippen LogP contribution in [-0.4, -0.2) is 55.2 Å². The molecule has 1 N–H and O–H groups in total. The Morgan fingerprint density at radius 2 is 1.97 bits per heavy atom. The molecule has 2 amide bonds. The van der Waals surface area contributed by atoms with E-state index in [2.05, 4.69) is 10.2 Å². The molecule has 31 heavy (non-hydrogen) atoms. The zero-order valence-corrected chi connectivity index (χ0v) is 18.7. The van der Waals surface area contributed by atoms with Crippen molar-refractivity contribution in [2.24, 2.45) is 0 Å². The zero-order chi connectivity index (χ0) is 22.8. The smallest absolute Gasteiger partial charge is 0.309 e. The maximum Gasteiger partial charge on any atom is 0.309 e. The van der Waals surface area contributed by atoms with E-state index in [-0.39, 0.29) is 31.1 Å². The van der Waals surface area contributed by atoms with E-state index in [0.717, 1.165) is 11.4 Å².